The molecule has 0 radical (unpaired) electrons. The first-order valence-corrected chi connectivity index (χ1v) is 9.67. The predicted octanol–water partition coefficient (Wildman–Crippen LogP) is 3.27. The molecule has 0 fully saturated rings. The third-order valence-electron chi connectivity index (χ3n) is 3.52. The number of hydrogen-bond acceptors (Lipinski definition) is 5. The van der Waals surface area contributed by atoms with Gasteiger partial charge in [0.2, 0.25) is 5.91 Å². The van der Waals surface area contributed by atoms with Crippen molar-refractivity contribution in [1.82, 2.24) is 5.32 Å². The van der Waals surface area contributed by atoms with Gasteiger partial charge in [-0.05, 0) is 39.3 Å². The quantitative estimate of drug-likeness (QED) is 0.468. The van der Waals surface area contributed by atoms with Crippen LogP contribution >= 0.6 is 11.6 Å². The molecule has 0 spiro atoms. The predicted molar refractivity (Wildman–Crippen MR) is 112 cm³/mol. The van der Waals surface area contributed by atoms with Gasteiger partial charge in [-0.1, -0.05) is 29.5 Å². The molecule has 1 rings (SSSR count). The molecular formula is C21H29ClN2O5. The summed E-state index contributed by atoms with van der Waals surface area (Å²) in [5, 5.41) is 3.08. The zero-order valence-electron chi connectivity index (χ0n) is 17.3. The Bertz CT molecular complexity index is 750. The minimum atomic E-state index is -0.641. The van der Waals surface area contributed by atoms with Crippen LogP contribution in [0.15, 0.2) is 18.2 Å². The van der Waals surface area contributed by atoms with Crippen LogP contribution < -0.4 is 15.8 Å². The van der Waals surface area contributed by atoms with Gasteiger partial charge in [0.25, 0.3) is 0 Å². The minimum Gasteiger partial charge on any atom is -0.490 e. The van der Waals surface area contributed by atoms with Crippen molar-refractivity contribution in [1.29, 1.82) is 0 Å². The first-order valence-electron chi connectivity index (χ1n) is 9.29. The van der Waals surface area contributed by atoms with Gasteiger partial charge in [-0.2, -0.15) is 0 Å². The van der Waals surface area contributed by atoms with E-state index in [-0.39, 0.29) is 13.0 Å². The number of amides is 2. The molecule has 0 aromatic heterocycles. The molecule has 1 aromatic rings. The average molecular weight is 425 g/mol. The van der Waals surface area contributed by atoms with Crippen molar-refractivity contribution in [2.24, 2.45) is 5.73 Å². The molecule has 1 aromatic carbocycles. The maximum atomic E-state index is 12.1. The third-order valence-corrected chi connectivity index (χ3v) is 3.91. The zero-order chi connectivity index (χ0) is 21.9. The second-order valence-electron chi connectivity index (χ2n) is 7.32. The number of halogens is 1. The van der Waals surface area contributed by atoms with Gasteiger partial charge in [-0.3, -0.25) is 4.79 Å². The number of hydrogen-bond donors (Lipinski definition) is 2. The number of carbonyl (C=O) groups is 2. The second kappa shape index (κ2) is 12.2. The van der Waals surface area contributed by atoms with E-state index in [2.05, 4.69) is 17.2 Å². The fraction of sp³-hybridized carbons (Fsp3) is 0.524. The Hall–Kier alpha value is -2.43. The number of primary amides is 1. The Kier molecular flexibility index (Phi) is 10.4. The lowest BCUT2D eigenvalue weighted by Gasteiger charge is -2.24. The highest BCUT2D eigenvalue weighted by Crippen LogP contribution is 2.28. The largest absolute Gasteiger partial charge is 0.490 e. The molecule has 160 valence electrons. The van der Waals surface area contributed by atoms with Crippen LogP contribution in [-0.2, 0) is 14.3 Å². The number of carbonyl (C=O) groups excluding carboxylic acids is 2. The fourth-order valence-electron chi connectivity index (χ4n) is 2.21. The summed E-state index contributed by atoms with van der Waals surface area (Å²) in [5.41, 5.74) is 5.22. The molecule has 0 aliphatic rings. The molecule has 2 amide bonds. The average Bonchev–Trinajstić information content (AvgIpc) is 2.61. The van der Waals surface area contributed by atoms with Gasteiger partial charge < -0.3 is 25.3 Å². The molecule has 29 heavy (non-hydrogen) atoms. The van der Waals surface area contributed by atoms with Gasteiger partial charge in [0, 0.05) is 25.5 Å². The number of methoxy groups -OCH3 is 1. The minimum absolute atomic E-state index is 0.0901. The molecule has 7 nitrogen and oxygen atoms in total. The van der Waals surface area contributed by atoms with Gasteiger partial charge in [0.15, 0.2) is 0 Å². The Morgan fingerprint density at radius 1 is 1.31 bits per heavy atom. The topological polar surface area (TPSA) is 99.9 Å². The first kappa shape index (κ1) is 24.6. The maximum absolute atomic E-state index is 12.1. The van der Waals surface area contributed by atoms with Gasteiger partial charge in [-0.15, -0.1) is 0 Å². The van der Waals surface area contributed by atoms with E-state index in [4.69, 9.17) is 31.5 Å². The lowest BCUT2D eigenvalue weighted by Crippen LogP contribution is -2.42. The number of alkyl carbamates (subject to hydrolysis) is 1. The molecular weight excluding hydrogens is 396 g/mol. The fourth-order valence-corrected chi connectivity index (χ4v) is 2.44. The van der Waals surface area contributed by atoms with E-state index < -0.39 is 23.6 Å². The molecule has 1 atom stereocenters. The summed E-state index contributed by atoms with van der Waals surface area (Å²) >= 11 is 6.38. The van der Waals surface area contributed by atoms with E-state index in [1.807, 2.05) is 0 Å². The van der Waals surface area contributed by atoms with Crippen LogP contribution in [0.3, 0.4) is 0 Å². The van der Waals surface area contributed by atoms with Gasteiger partial charge in [0.1, 0.15) is 18.0 Å². The van der Waals surface area contributed by atoms with Crippen LogP contribution in [0.2, 0.25) is 5.02 Å². The highest BCUT2D eigenvalue weighted by Gasteiger charge is 2.21. The zero-order valence-corrected chi connectivity index (χ0v) is 18.1. The highest BCUT2D eigenvalue weighted by atomic mass is 35.5. The van der Waals surface area contributed by atoms with E-state index in [9.17, 15) is 9.59 Å². The van der Waals surface area contributed by atoms with Crippen molar-refractivity contribution in [3.63, 3.8) is 0 Å². The van der Waals surface area contributed by atoms with Crippen molar-refractivity contribution in [2.75, 3.05) is 20.3 Å². The van der Waals surface area contributed by atoms with Crippen molar-refractivity contribution >= 4 is 23.6 Å². The Labute approximate surface area is 177 Å². The van der Waals surface area contributed by atoms with Gasteiger partial charge >= 0.3 is 6.09 Å². The molecule has 0 saturated heterocycles. The normalized spacial score (nSPS) is 11.8. The highest BCUT2D eigenvalue weighted by molar-refractivity contribution is 6.33. The lowest BCUT2D eigenvalue weighted by molar-refractivity contribution is -0.118. The molecule has 0 unspecified atom stereocenters. The lowest BCUT2D eigenvalue weighted by atomic mass is 10.1. The molecule has 0 saturated carbocycles. The number of benzene rings is 1. The van der Waals surface area contributed by atoms with Crippen LogP contribution in [0.25, 0.3) is 0 Å². The summed E-state index contributed by atoms with van der Waals surface area (Å²) < 4.78 is 16.0. The SMILES string of the molecule is COCCC#Cc1cccc(OC[C@H](CCC(N)=O)NC(=O)OC(C)(C)C)c1Cl. The van der Waals surface area contributed by atoms with Crippen molar-refractivity contribution in [3.05, 3.63) is 28.8 Å². The van der Waals surface area contributed by atoms with Crippen LogP contribution in [-0.4, -0.2) is 44.0 Å². The van der Waals surface area contributed by atoms with Gasteiger partial charge in [-0.25, -0.2) is 4.79 Å². The monoisotopic (exact) mass is 424 g/mol. The Morgan fingerprint density at radius 3 is 2.66 bits per heavy atom. The number of ether oxygens (including phenoxy) is 3. The van der Waals surface area contributed by atoms with Crippen molar-refractivity contribution in [2.45, 2.75) is 51.7 Å². The van der Waals surface area contributed by atoms with E-state index in [0.29, 0.717) is 35.8 Å². The van der Waals surface area contributed by atoms with E-state index in [1.54, 1.807) is 46.1 Å². The van der Waals surface area contributed by atoms with E-state index >= 15 is 0 Å². The molecule has 8 heteroatoms. The maximum Gasteiger partial charge on any atom is 0.407 e. The molecule has 0 heterocycles. The Balaban J connectivity index is 2.80. The van der Waals surface area contributed by atoms with Crippen LogP contribution in [0.5, 0.6) is 5.75 Å². The van der Waals surface area contributed by atoms with Crippen LogP contribution in [0, 0.1) is 11.8 Å². The second-order valence-corrected chi connectivity index (χ2v) is 7.70. The van der Waals surface area contributed by atoms with E-state index in [1.165, 1.54) is 0 Å². The standard InChI is InChI=1S/C21H29ClN2O5/c1-21(2,3)29-20(26)24-16(11-12-18(23)25)14-28-17-10-7-9-15(19(17)22)8-5-6-13-27-4/h7,9-10,16H,6,11-14H2,1-4H3,(H2,23,25)(H,24,26)/t16-/m0/s1. The van der Waals surface area contributed by atoms with Crippen LogP contribution in [0.4, 0.5) is 4.79 Å². The van der Waals surface area contributed by atoms with Gasteiger partial charge in [0.05, 0.1) is 17.7 Å². The molecule has 0 bridgehead atoms. The summed E-state index contributed by atoms with van der Waals surface area (Å²) in [5.74, 6) is 5.92. The van der Waals surface area contributed by atoms with Crippen molar-refractivity contribution < 1.29 is 23.8 Å². The molecule has 0 aliphatic carbocycles. The summed E-state index contributed by atoms with van der Waals surface area (Å²) in [6.45, 7) is 5.92. The van der Waals surface area contributed by atoms with E-state index in [0.717, 1.165) is 0 Å². The summed E-state index contributed by atoms with van der Waals surface area (Å²) in [7, 11) is 1.61. The molecule has 3 N–H and O–H groups in total. The Morgan fingerprint density at radius 2 is 2.03 bits per heavy atom. The summed E-state index contributed by atoms with van der Waals surface area (Å²) in [6, 6.07) is 4.80. The smallest absolute Gasteiger partial charge is 0.407 e. The van der Waals surface area contributed by atoms with Crippen LogP contribution in [0.1, 0.15) is 45.6 Å². The number of rotatable bonds is 9. The van der Waals surface area contributed by atoms with Crippen molar-refractivity contribution in [3.8, 4) is 17.6 Å². The third kappa shape index (κ3) is 10.6. The number of nitrogens with two attached hydrogens (primary N) is 1. The number of nitrogens with one attached hydrogen (secondary N) is 1. The summed E-state index contributed by atoms with van der Waals surface area (Å²) in [6.07, 6.45) is 0.400. The first-order chi connectivity index (χ1) is 13.6. The summed E-state index contributed by atoms with van der Waals surface area (Å²) in [4.78, 5) is 23.2. The molecule has 0 aliphatic heterocycles.